The number of aliphatic hydroxyl groups excluding tert-OH is 1. The number of nitrogens with two attached hydrogens (primary N) is 1. The Hall–Kier alpha value is -1.30. The van der Waals surface area contributed by atoms with Crippen LogP contribution in [0.15, 0.2) is 12.1 Å². The van der Waals surface area contributed by atoms with E-state index in [1.807, 2.05) is 0 Å². The minimum absolute atomic E-state index is 0.277. The molecule has 1 aromatic rings. The highest BCUT2D eigenvalue weighted by molar-refractivity contribution is 5.52. The van der Waals surface area contributed by atoms with E-state index < -0.39 is 29.7 Å². The zero-order valence-corrected chi connectivity index (χ0v) is 6.90. The Kier molecular flexibility index (Phi) is 2.66. The van der Waals surface area contributed by atoms with Gasteiger partial charge in [-0.05, 0) is 12.1 Å². The maximum absolute atomic E-state index is 12.8. The molecule has 0 saturated carbocycles. The fourth-order valence-corrected chi connectivity index (χ4v) is 1.11. The van der Waals surface area contributed by atoms with Gasteiger partial charge in [0, 0.05) is 11.3 Å². The average Bonchev–Trinajstić information content (AvgIpc) is 2.06. The predicted octanol–water partition coefficient (Wildman–Crippen LogP) is 1.92. The molecule has 78 valence electrons. The molecule has 0 aliphatic carbocycles. The van der Waals surface area contributed by atoms with Crippen molar-refractivity contribution in [2.75, 3.05) is 5.73 Å². The van der Waals surface area contributed by atoms with E-state index >= 15 is 0 Å². The van der Waals surface area contributed by atoms with Gasteiger partial charge < -0.3 is 10.8 Å². The summed E-state index contributed by atoms with van der Waals surface area (Å²) in [7, 11) is 0. The molecule has 1 aromatic carbocycles. The summed E-state index contributed by atoms with van der Waals surface area (Å²) in [6.07, 6.45) is -4.85. The number of nitrogen functional groups attached to an aromatic ring is 1. The predicted molar refractivity (Wildman–Crippen MR) is 41.7 cm³/mol. The lowest BCUT2D eigenvalue weighted by atomic mass is 10.1. The van der Waals surface area contributed by atoms with E-state index in [0.717, 1.165) is 6.07 Å². The summed E-state index contributed by atoms with van der Waals surface area (Å²) in [6.45, 7) is -0.946. The molecule has 0 aromatic heterocycles. The second-order valence-corrected chi connectivity index (χ2v) is 2.65. The number of benzene rings is 1. The van der Waals surface area contributed by atoms with Crippen molar-refractivity contribution in [2.24, 2.45) is 0 Å². The SMILES string of the molecule is Nc1ccc(F)c(C(F)(F)F)c1CO. The monoisotopic (exact) mass is 209 g/mol. The van der Waals surface area contributed by atoms with Crippen LogP contribution in [0, 0.1) is 5.82 Å². The normalized spacial score (nSPS) is 11.8. The molecule has 14 heavy (non-hydrogen) atoms. The smallest absolute Gasteiger partial charge is 0.398 e. The molecule has 3 N–H and O–H groups in total. The Balaban J connectivity index is 3.46. The number of hydrogen-bond acceptors (Lipinski definition) is 2. The number of alkyl halides is 3. The van der Waals surface area contributed by atoms with Gasteiger partial charge in [-0.25, -0.2) is 4.39 Å². The molecule has 0 amide bonds. The second-order valence-electron chi connectivity index (χ2n) is 2.65. The van der Waals surface area contributed by atoms with Gasteiger partial charge in [0.05, 0.1) is 12.2 Å². The molecule has 0 atom stereocenters. The highest BCUT2D eigenvalue weighted by Gasteiger charge is 2.37. The van der Waals surface area contributed by atoms with Crippen molar-refractivity contribution in [3.63, 3.8) is 0 Å². The minimum Gasteiger partial charge on any atom is -0.398 e. The number of anilines is 1. The lowest BCUT2D eigenvalue weighted by molar-refractivity contribution is -0.141. The topological polar surface area (TPSA) is 46.2 Å². The van der Waals surface area contributed by atoms with Crippen LogP contribution in [0.1, 0.15) is 11.1 Å². The van der Waals surface area contributed by atoms with Crippen LogP contribution in [-0.4, -0.2) is 5.11 Å². The molecule has 0 fully saturated rings. The summed E-state index contributed by atoms with van der Waals surface area (Å²) in [6, 6.07) is 1.60. The molecule has 1 rings (SSSR count). The highest BCUT2D eigenvalue weighted by atomic mass is 19.4. The Bertz CT molecular complexity index is 348. The van der Waals surface area contributed by atoms with Crippen molar-refractivity contribution in [1.29, 1.82) is 0 Å². The standard InChI is InChI=1S/C8H7F4NO/c9-5-1-2-6(13)4(3-14)7(5)8(10,11)12/h1-2,14H,3,13H2. The zero-order valence-electron chi connectivity index (χ0n) is 6.90. The molecule has 0 unspecified atom stereocenters. The van der Waals surface area contributed by atoms with Gasteiger partial charge in [-0.3, -0.25) is 0 Å². The summed E-state index contributed by atoms with van der Waals surface area (Å²) < 4.78 is 49.6. The van der Waals surface area contributed by atoms with Crippen LogP contribution in [0.25, 0.3) is 0 Å². The van der Waals surface area contributed by atoms with Gasteiger partial charge >= 0.3 is 6.18 Å². The fourth-order valence-electron chi connectivity index (χ4n) is 1.11. The minimum atomic E-state index is -4.85. The van der Waals surface area contributed by atoms with E-state index in [1.165, 1.54) is 0 Å². The van der Waals surface area contributed by atoms with Gasteiger partial charge in [0.1, 0.15) is 5.82 Å². The summed E-state index contributed by atoms with van der Waals surface area (Å²) in [5.41, 5.74) is 2.77. The van der Waals surface area contributed by atoms with E-state index in [4.69, 9.17) is 10.8 Å². The summed E-state index contributed by atoms with van der Waals surface area (Å²) in [5.74, 6) is -1.43. The van der Waals surface area contributed by atoms with Crippen molar-refractivity contribution in [1.82, 2.24) is 0 Å². The maximum Gasteiger partial charge on any atom is 0.419 e. The first-order valence-electron chi connectivity index (χ1n) is 3.63. The molecule has 2 nitrogen and oxygen atoms in total. The molecule has 0 radical (unpaired) electrons. The quantitative estimate of drug-likeness (QED) is 0.548. The van der Waals surface area contributed by atoms with Crippen molar-refractivity contribution in [3.8, 4) is 0 Å². The van der Waals surface area contributed by atoms with Gasteiger partial charge in [0.25, 0.3) is 0 Å². The highest BCUT2D eigenvalue weighted by Crippen LogP contribution is 2.36. The molecule has 0 aliphatic heterocycles. The van der Waals surface area contributed by atoms with Crippen LogP contribution in [0.4, 0.5) is 23.2 Å². The molecule has 0 heterocycles. The number of aliphatic hydroxyl groups is 1. The van der Waals surface area contributed by atoms with Crippen LogP contribution >= 0.6 is 0 Å². The molecular formula is C8H7F4NO. The molecule has 0 saturated heterocycles. The van der Waals surface area contributed by atoms with E-state index in [2.05, 4.69) is 0 Å². The van der Waals surface area contributed by atoms with E-state index in [-0.39, 0.29) is 5.69 Å². The van der Waals surface area contributed by atoms with Crippen LogP contribution in [0.3, 0.4) is 0 Å². The average molecular weight is 209 g/mol. The number of hydrogen-bond donors (Lipinski definition) is 2. The third-order valence-electron chi connectivity index (χ3n) is 1.74. The summed E-state index contributed by atoms with van der Waals surface area (Å²) in [5, 5.41) is 8.64. The lowest BCUT2D eigenvalue weighted by Crippen LogP contribution is -2.14. The Morgan fingerprint density at radius 1 is 1.29 bits per heavy atom. The van der Waals surface area contributed by atoms with Crippen LogP contribution in [0.2, 0.25) is 0 Å². The number of rotatable bonds is 1. The fraction of sp³-hybridized carbons (Fsp3) is 0.250. The number of halogens is 4. The van der Waals surface area contributed by atoms with Gasteiger partial charge in [0.2, 0.25) is 0 Å². The first-order valence-corrected chi connectivity index (χ1v) is 3.63. The van der Waals surface area contributed by atoms with Gasteiger partial charge in [-0.15, -0.1) is 0 Å². The second kappa shape index (κ2) is 3.45. The van der Waals surface area contributed by atoms with Crippen molar-refractivity contribution in [3.05, 3.63) is 29.1 Å². The largest absolute Gasteiger partial charge is 0.419 e. The summed E-state index contributed by atoms with van der Waals surface area (Å²) in [4.78, 5) is 0. The Morgan fingerprint density at radius 3 is 2.21 bits per heavy atom. The van der Waals surface area contributed by atoms with Crippen molar-refractivity contribution < 1.29 is 22.7 Å². The van der Waals surface area contributed by atoms with Crippen LogP contribution in [0.5, 0.6) is 0 Å². The zero-order chi connectivity index (χ0) is 10.9. The molecular weight excluding hydrogens is 202 g/mol. The van der Waals surface area contributed by atoms with Gasteiger partial charge in [-0.1, -0.05) is 0 Å². The molecule has 0 aliphatic rings. The van der Waals surface area contributed by atoms with E-state index in [0.29, 0.717) is 6.07 Å². The first-order chi connectivity index (χ1) is 6.38. The van der Waals surface area contributed by atoms with Crippen LogP contribution < -0.4 is 5.73 Å². The van der Waals surface area contributed by atoms with E-state index in [9.17, 15) is 17.6 Å². The lowest BCUT2D eigenvalue weighted by Gasteiger charge is -2.13. The third kappa shape index (κ3) is 1.79. The van der Waals surface area contributed by atoms with Crippen molar-refractivity contribution >= 4 is 5.69 Å². The maximum atomic E-state index is 12.8. The van der Waals surface area contributed by atoms with Gasteiger partial charge in [-0.2, -0.15) is 13.2 Å². The summed E-state index contributed by atoms with van der Waals surface area (Å²) >= 11 is 0. The van der Waals surface area contributed by atoms with Gasteiger partial charge in [0.15, 0.2) is 0 Å². The van der Waals surface area contributed by atoms with E-state index in [1.54, 1.807) is 0 Å². The molecule has 0 bridgehead atoms. The first kappa shape index (κ1) is 10.8. The molecule has 6 heteroatoms. The Labute approximate surface area is 77.0 Å². The Morgan fingerprint density at radius 2 is 1.86 bits per heavy atom. The molecule has 0 spiro atoms. The van der Waals surface area contributed by atoms with Crippen LogP contribution in [-0.2, 0) is 12.8 Å². The van der Waals surface area contributed by atoms with Crippen molar-refractivity contribution in [2.45, 2.75) is 12.8 Å². The third-order valence-corrected chi connectivity index (χ3v) is 1.74.